The van der Waals surface area contributed by atoms with Crippen LogP contribution in [0.3, 0.4) is 0 Å². The van der Waals surface area contributed by atoms with E-state index >= 15 is 0 Å². The van der Waals surface area contributed by atoms with Gasteiger partial charge in [-0.1, -0.05) is 71.9 Å². The van der Waals surface area contributed by atoms with Gasteiger partial charge in [-0.2, -0.15) is 0 Å². The molecule has 1 N–H and O–H groups in total. The van der Waals surface area contributed by atoms with Gasteiger partial charge in [0.15, 0.2) is 0 Å². The smallest absolute Gasteiger partial charge is 0.261 e. The molecule has 3 heteroatoms. The van der Waals surface area contributed by atoms with Crippen molar-refractivity contribution in [2.45, 2.75) is 62.3 Å². The Kier molecular flexibility index (Phi) is 10.3. The molecule has 0 atom stereocenters. The molecular formula is C22H34N2O. The first-order chi connectivity index (χ1) is 12.1. The first kappa shape index (κ1) is 22.7. The Bertz CT molecular complexity index is 811. The number of hydrogen-bond donors (Lipinski definition) is 1. The highest BCUT2D eigenvalue weighted by Gasteiger charge is 2.12. The summed E-state index contributed by atoms with van der Waals surface area (Å²) in [4.78, 5) is 15.7. The topological polar surface area (TPSA) is 37.3 Å². The van der Waals surface area contributed by atoms with Crippen molar-refractivity contribution in [3.63, 3.8) is 0 Å². The fraction of sp³-hybridized carbons (Fsp3) is 0.409. The highest BCUT2D eigenvalue weighted by atomic mass is 16.1. The molecule has 0 amide bonds. The van der Waals surface area contributed by atoms with Crippen LogP contribution in [0.4, 0.5) is 0 Å². The second-order valence-electron chi connectivity index (χ2n) is 4.91. The van der Waals surface area contributed by atoms with Gasteiger partial charge >= 0.3 is 0 Å². The maximum absolute atomic E-state index is 12.4. The number of aromatic nitrogens is 2. The molecule has 25 heavy (non-hydrogen) atoms. The van der Waals surface area contributed by atoms with Crippen molar-refractivity contribution in [2.75, 3.05) is 0 Å². The molecule has 0 aliphatic carbocycles. The van der Waals surface area contributed by atoms with Gasteiger partial charge in [-0.3, -0.25) is 9.20 Å². The van der Waals surface area contributed by atoms with Crippen molar-refractivity contribution < 1.29 is 0 Å². The second-order valence-corrected chi connectivity index (χ2v) is 4.91. The van der Waals surface area contributed by atoms with Gasteiger partial charge < -0.3 is 4.98 Å². The summed E-state index contributed by atoms with van der Waals surface area (Å²) in [5.74, 6) is 0. The van der Waals surface area contributed by atoms with Crippen LogP contribution in [-0.4, -0.2) is 9.38 Å². The van der Waals surface area contributed by atoms with Gasteiger partial charge in [-0.25, -0.2) is 0 Å². The molecular weight excluding hydrogens is 308 g/mol. The third kappa shape index (κ3) is 4.85. The molecule has 1 aromatic carbocycles. The van der Waals surface area contributed by atoms with Gasteiger partial charge in [0.2, 0.25) is 0 Å². The molecule has 0 aliphatic rings. The van der Waals surface area contributed by atoms with Gasteiger partial charge in [0.05, 0.1) is 0 Å². The monoisotopic (exact) mass is 342 g/mol. The summed E-state index contributed by atoms with van der Waals surface area (Å²) in [6, 6.07) is 12.2. The molecule has 0 aliphatic heterocycles. The minimum Gasteiger partial charge on any atom is -0.345 e. The van der Waals surface area contributed by atoms with Crippen LogP contribution < -0.4 is 5.56 Å². The van der Waals surface area contributed by atoms with E-state index in [-0.39, 0.29) is 5.56 Å². The maximum Gasteiger partial charge on any atom is 0.261 e. The van der Waals surface area contributed by atoms with E-state index in [1.54, 1.807) is 4.40 Å². The van der Waals surface area contributed by atoms with Gasteiger partial charge in [0.25, 0.3) is 5.56 Å². The van der Waals surface area contributed by atoms with Gasteiger partial charge in [-0.15, -0.1) is 0 Å². The lowest BCUT2D eigenvalue weighted by atomic mass is 10.1. The Morgan fingerprint density at radius 3 is 1.88 bits per heavy atom. The van der Waals surface area contributed by atoms with Crippen molar-refractivity contribution in [1.29, 1.82) is 0 Å². The average Bonchev–Trinajstić information content (AvgIpc) is 3.01. The van der Waals surface area contributed by atoms with Crippen molar-refractivity contribution in [3.8, 4) is 11.1 Å². The van der Waals surface area contributed by atoms with Crippen molar-refractivity contribution in [1.82, 2.24) is 9.38 Å². The summed E-state index contributed by atoms with van der Waals surface area (Å²) in [6.45, 7) is 17.8. The molecule has 138 valence electrons. The second kappa shape index (κ2) is 11.3. The van der Waals surface area contributed by atoms with Crippen molar-refractivity contribution in [3.05, 3.63) is 63.7 Å². The van der Waals surface area contributed by atoms with Crippen molar-refractivity contribution >= 4 is 5.65 Å². The Morgan fingerprint density at radius 2 is 1.36 bits per heavy atom. The number of nitrogens with one attached hydrogen (secondary N) is 1. The van der Waals surface area contributed by atoms with Crippen LogP contribution >= 0.6 is 0 Å². The van der Waals surface area contributed by atoms with Crippen LogP contribution in [0.25, 0.3) is 16.8 Å². The van der Waals surface area contributed by atoms with Gasteiger partial charge in [0, 0.05) is 22.5 Å². The summed E-state index contributed by atoms with van der Waals surface area (Å²) >= 11 is 0. The fourth-order valence-corrected chi connectivity index (χ4v) is 2.48. The number of fused-ring (bicyclic) bond motifs is 1. The van der Waals surface area contributed by atoms with E-state index in [0.717, 1.165) is 33.7 Å². The van der Waals surface area contributed by atoms with Crippen LogP contribution in [0.1, 0.15) is 58.5 Å². The zero-order chi connectivity index (χ0) is 19.6. The first-order valence-electron chi connectivity index (χ1n) is 9.36. The van der Waals surface area contributed by atoms with Crippen molar-refractivity contribution in [2.24, 2.45) is 0 Å². The fourth-order valence-electron chi connectivity index (χ4n) is 2.48. The molecule has 3 nitrogen and oxygen atoms in total. The van der Waals surface area contributed by atoms with E-state index in [2.05, 4.69) is 17.1 Å². The third-order valence-electron chi connectivity index (χ3n) is 3.73. The zero-order valence-corrected chi connectivity index (χ0v) is 17.3. The number of hydrogen-bond acceptors (Lipinski definition) is 1. The molecule has 0 radical (unpaired) electrons. The predicted molar refractivity (Wildman–Crippen MR) is 112 cm³/mol. The Hall–Kier alpha value is -2.29. The number of aryl methyl sites for hydroxylation is 2. The molecule has 2 heterocycles. The highest BCUT2D eigenvalue weighted by Crippen LogP contribution is 2.25. The number of aromatic amines is 1. The zero-order valence-electron chi connectivity index (χ0n) is 17.3. The summed E-state index contributed by atoms with van der Waals surface area (Å²) in [7, 11) is 0. The quantitative estimate of drug-likeness (QED) is 0.553. The minimum absolute atomic E-state index is 0.0610. The lowest BCUT2D eigenvalue weighted by Gasteiger charge is -2.04. The van der Waals surface area contributed by atoms with Crippen LogP contribution in [0.15, 0.2) is 41.2 Å². The number of H-pyrrole nitrogens is 1. The van der Waals surface area contributed by atoms with Crippen LogP contribution in [-0.2, 0) is 0 Å². The molecule has 0 spiro atoms. The number of benzene rings is 1. The Balaban J connectivity index is 0.000000871. The molecule has 0 bridgehead atoms. The minimum atomic E-state index is 0.0610. The SMILES string of the molecule is CC.CC.CC.Cc1[nH]c2cc(-c3ccccc3)c(C)n2c(=O)c1C. The Morgan fingerprint density at radius 1 is 0.840 bits per heavy atom. The lowest BCUT2D eigenvalue weighted by molar-refractivity contribution is 0.970. The predicted octanol–water partition coefficient (Wildman–Crippen LogP) is 6.30. The third-order valence-corrected chi connectivity index (χ3v) is 3.73. The van der Waals surface area contributed by atoms with E-state index in [1.165, 1.54) is 0 Å². The first-order valence-corrected chi connectivity index (χ1v) is 9.36. The molecule has 2 aromatic heterocycles. The Labute approximate surface area is 152 Å². The molecule has 0 fully saturated rings. The van der Waals surface area contributed by atoms with E-state index in [0.29, 0.717) is 0 Å². The van der Waals surface area contributed by atoms with E-state index in [4.69, 9.17) is 0 Å². The summed E-state index contributed by atoms with van der Waals surface area (Å²) in [6.07, 6.45) is 0. The largest absolute Gasteiger partial charge is 0.345 e. The summed E-state index contributed by atoms with van der Waals surface area (Å²) < 4.78 is 1.75. The standard InChI is InChI=1S/C16H16N2O.3C2H6/c1-10-11(2)17-15-9-14(12(3)18(15)16(10)19)13-7-5-4-6-8-13;3*1-2/h4-9,17H,1-3H3;3*1-2H3. The van der Waals surface area contributed by atoms with Crippen LogP contribution in [0, 0.1) is 20.8 Å². The highest BCUT2D eigenvalue weighted by molar-refractivity contribution is 5.72. The van der Waals surface area contributed by atoms with Crippen LogP contribution in [0.2, 0.25) is 0 Å². The van der Waals surface area contributed by atoms with E-state index in [1.807, 2.05) is 86.6 Å². The molecule has 3 rings (SSSR count). The number of rotatable bonds is 1. The normalized spacial score (nSPS) is 9.16. The van der Waals surface area contributed by atoms with Crippen LogP contribution in [0.5, 0.6) is 0 Å². The molecule has 3 aromatic rings. The molecule has 0 unspecified atom stereocenters. The summed E-state index contributed by atoms with van der Waals surface area (Å²) in [5.41, 5.74) is 5.81. The van der Waals surface area contributed by atoms with Gasteiger partial charge in [-0.05, 0) is 32.4 Å². The number of nitrogens with zero attached hydrogens (tertiary/aromatic N) is 1. The van der Waals surface area contributed by atoms with E-state index < -0.39 is 0 Å². The maximum atomic E-state index is 12.4. The van der Waals surface area contributed by atoms with Gasteiger partial charge in [0.1, 0.15) is 5.65 Å². The van der Waals surface area contributed by atoms with E-state index in [9.17, 15) is 4.79 Å². The average molecular weight is 343 g/mol. The molecule has 0 saturated heterocycles. The lowest BCUT2D eigenvalue weighted by Crippen LogP contribution is -2.19. The molecule has 0 saturated carbocycles. The summed E-state index contributed by atoms with van der Waals surface area (Å²) in [5, 5.41) is 0.